The molecule has 39 heavy (non-hydrogen) atoms. The molecule has 0 unspecified atom stereocenters. The van der Waals surface area contributed by atoms with Gasteiger partial charge in [-0.15, -0.1) is 5.10 Å². The van der Waals surface area contributed by atoms with E-state index in [2.05, 4.69) is 10.1 Å². The summed E-state index contributed by atoms with van der Waals surface area (Å²) >= 11 is 0. The summed E-state index contributed by atoms with van der Waals surface area (Å²) in [5, 5.41) is 3.40. The lowest BCUT2D eigenvalue weighted by Gasteiger charge is -2.47. The number of nitrogens with zero attached hydrogens (tertiary/aromatic N) is 4. The van der Waals surface area contributed by atoms with Gasteiger partial charge in [-0.1, -0.05) is 0 Å². The number of halogens is 3. The Balaban J connectivity index is 1.35. The molecule has 16 heteroatoms. The first-order chi connectivity index (χ1) is 18.0. The summed E-state index contributed by atoms with van der Waals surface area (Å²) in [6, 6.07) is 6.08. The van der Waals surface area contributed by atoms with Crippen molar-refractivity contribution in [3.8, 4) is 17.2 Å². The van der Waals surface area contributed by atoms with E-state index in [9.17, 15) is 18.0 Å². The maximum Gasteiger partial charge on any atom is 0.433 e. The Morgan fingerprint density at radius 3 is 2.18 bits per heavy atom. The van der Waals surface area contributed by atoms with E-state index in [1.54, 1.807) is 13.8 Å². The molecule has 200 valence electrons. The minimum atomic E-state index is -4.71. The van der Waals surface area contributed by atoms with Gasteiger partial charge in [0.25, 0.3) is 5.56 Å². The zero-order valence-electron chi connectivity index (χ0n) is 23.2. The molecule has 2 aliphatic rings. The van der Waals surface area contributed by atoms with Crippen LogP contribution in [0.4, 0.5) is 19.0 Å². The molecule has 0 amide bonds. The first kappa shape index (κ1) is 27.4. The van der Waals surface area contributed by atoms with E-state index in [4.69, 9.17) is 14.2 Å². The minimum Gasteiger partial charge on any atom is -0.499 e. The van der Waals surface area contributed by atoms with Crippen LogP contribution in [0.25, 0.3) is 5.65 Å². The average molecular weight is 536 g/mol. The molecule has 0 atom stereocenters. The van der Waals surface area contributed by atoms with Crippen LogP contribution in [-0.2, 0) is 6.18 Å². The van der Waals surface area contributed by atoms with Crippen molar-refractivity contribution in [3.05, 3.63) is 51.4 Å². The maximum atomic E-state index is 13.2. The van der Waals surface area contributed by atoms with E-state index >= 15 is 0 Å². The summed E-state index contributed by atoms with van der Waals surface area (Å²) in [6.07, 6.45) is -3.38. The van der Waals surface area contributed by atoms with Gasteiger partial charge >= 0.3 is 6.18 Å². The van der Waals surface area contributed by atoms with Crippen LogP contribution in [0.2, 0.25) is 0 Å². The number of aromatic nitrogens is 3. The summed E-state index contributed by atoms with van der Waals surface area (Å²) in [5.74, 6) is 2.54. The van der Waals surface area contributed by atoms with Crippen molar-refractivity contribution in [3.63, 3.8) is 0 Å². The van der Waals surface area contributed by atoms with Gasteiger partial charge in [0.15, 0.2) is 36.5 Å². The van der Waals surface area contributed by atoms with E-state index in [0.717, 1.165) is 4.52 Å². The topological polar surface area (TPSA) is 78.2 Å². The summed E-state index contributed by atoms with van der Waals surface area (Å²) in [5.41, 5.74) is -1.48. The Morgan fingerprint density at radius 1 is 0.949 bits per heavy atom. The molecular formula is C23H28B5F3N4O4. The maximum absolute atomic E-state index is 13.2. The number of rotatable bonds is 3. The van der Waals surface area contributed by atoms with Gasteiger partial charge in [-0.3, -0.25) is 4.79 Å². The standard InChI is InChI=1S/C23H28B5F3N4O4/c1-11-12(2)19(33-35-17(36)10-16(21(29,30)31)32-18(11)35)34-7-5-20(24,6-8-34)37-13-3-4-14-15(9-13)39-23(27,28)22(25,26)38-14/h3-4,9-10H,5-8,24-28H2,1-2H3. The molecular weight excluding hydrogens is 507 g/mol. The fourth-order valence-corrected chi connectivity index (χ4v) is 4.86. The number of hydrogen-bond donors (Lipinski definition) is 0. The van der Waals surface area contributed by atoms with Gasteiger partial charge in [0.1, 0.15) is 37.1 Å². The summed E-state index contributed by atoms with van der Waals surface area (Å²) in [7, 11) is 10.0. The van der Waals surface area contributed by atoms with Gasteiger partial charge in [0, 0.05) is 36.3 Å². The number of fused-ring (bicyclic) bond motifs is 2. The zero-order valence-corrected chi connectivity index (χ0v) is 23.2. The van der Waals surface area contributed by atoms with Crippen molar-refractivity contribution in [1.82, 2.24) is 14.6 Å². The third-order valence-electron chi connectivity index (χ3n) is 8.19. The second kappa shape index (κ2) is 8.92. The predicted molar refractivity (Wildman–Crippen MR) is 154 cm³/mol. The molecule has 0 saturated carbocycles. The number of ether oxygens (including phenoxy) is 3. The van der Waals surface area contributed by atoms with E-state index in [-0.39, 0.29) is 5.65 Å². The molecule has 0 spiro atoms. The van der Waals surface area contributed by atoms with Crippen molar-refractivity contribution >= 4 is 50.7 Å². The van der Waals surface area contributed by atoms with E-state index in [0.29, 0.717) is 66.2 Å². The first-order valence-electron chi connectivity index (χ1n) is 12.9. The number of hydrogen-bond acceptors (Lipinski definition) is 7. The van der Waals surface area contributed by atoms with Crippen LogP contribution in [-0.4, -0.2) is 83.2 Å². The third-order valence-corrected chi connectivity index (χ3v) is 8.19. The smallest absolute Gasteiger partial charge is 0.433 e. The van der Waals surface area contributed by atoms with Crippen molar-refractivity contribution in [2.24, 2.45) is 0 Å². The van der Waals surface area contributed by atoms with Crippen LogP contribution in [0.5, 0.6) is 17.2 Å². The predicted octanol–water partition coefficient (Wildman–Crippen LogP) is -1.66. The Kier molecular flexibility index (Phi) is 6.27. The highest BCUT2D eigenvalue weighted by Gasteiger charge is 2.45. The van der Waals surface area contributed by atoms with Crippen LogP contribution in [0.3, 0.4) is 0 Å². The number of piperidine rings is 1. The van der Waals surface area contributed by atoms with Crippen molar-refractivity contribution in [1.29, 1.82) is 0 Å². The average Bonchev–Trinajstić information content (AvgIpc) is 2.82. The van der Waals surface area contributed by atoms with Gasteiger partial charge in [0.2, 0.25) is 0 Å². The summed E-state index contributed by atoms with van der Waals surface area (Å²) < 4.78 is 59.5. The largest absolute Gasteiger partial charge is 0.499 e. The summed E-state index contributed by atoms with van der Waals surface area (Å²) in [4.78, 5) is 18.3. The van der Waals surface area contributed by atoms with Gasteiger partial charge in [-0.05, 0) is 38.8 Å². The second-order valence-electron chi connectivity index (χ2n) is 11.7. The summed E-state index contributed by atoms with van der Waals surface area (Å²) in [6.45, 7) is 4.62. The molecule has 1 aromatic carbocycles. The second-order valence-corrected chi connectivity index (χ2v) is 11.7. The molecule has 2 aliphatic heterocycles. The van der Waals surface area contributed by atoms with Crippen molar-refractivity contribution < 1.29 is 27.4 Å². The van der Waals surface area contributed by atoms with Gasteiger partial charge in [0.05, 0.1) is 16.3 Å². The van der Waals surface area contributed by atoms with Crippen molar-refractivity contribution in [2.45, 2.75) is 49.2 Å². The molecule has 0 radical (unpaired) electrons. The lowest BCUT2D eigenvalue weighted by Crippen LogP contribution is -2.65. The number of alkyl halides is 3. The van der Waals surface area contributed by atoms with Crippen LogP contribution >= 0.6 is 0 Å². The Morgan fingerprint density at radius 2 is 1.56 bits per heavy atom. The molecule has 3 aromatic rings. The molecule has 1 saturated heterocycles. The lowest BCUT2D eigenvalue weighted by molar-refractivity contribution is -0.141. The van der Waals surface area contributed by atoms with E-state index < -0.39 is 33.7 Å². The molecule has 8 nitrogen and oxygen atoms in total. The molecule has 5 rings (SSSR count). The number of benzene rings is 1. The van der Waals surface area contributed by atoms with Crippen LogP contribution in [0.1, 0.15) is 29.7 Å². The fourth-order valence-electron chi connectivity index (χ4n) is 4.86. The third kappa shape index (κ3) is 4.86. The van der Waals surface area contributed by atoms with Gasteiger partial charge in [-0.25, -0.2) is 4.98 Å². The molecule has 4 heterocycles. The molecule has 1 fully saturated rings. The van der Waals surface area contributed by atoms with Crippen molar-refractivity contribution in [2.75, 3.05) is 18.0 Å². The highest BCUT2D eigenvalue weighted by molar-refractivity contribution is 6.53. The SMILES string of the molecule is BC1(Oc2ccc3c(c2)OC(B)(B)C(B)(B)O3)CCN(c2nn3c(=O)cc(C(F)(F)F)nc3c(C)c2C)CC1. The monoisotopic (exact) mass is 536 g/mol. The Labute approximate surface area is 228 Å². The van der Waals surface area contributed by atoms with E-state index in [1.807, 2.05) is 62.3 Å². The highest BCUT2D eigenvalue weighted by atomic mass is 19.4. The fraction of sp³-hybridized carbons (Fsp3) is 0.435. The Bertz CT molecular complexity index is 1520. The molecule has 2 aromatic heterocycles. The van der Waals surface area contributed by atoms with Crippen LogP contribution in [0.15, 0.2) is 29.1 Å². The number of aryl methyl sites for hydroxylation is 1. The van der Waals surface area contributed by atoms with E-state index in [1.165, 1.54) is 0 Å². The molecule has 0 aliphatic carbocycles. The lowest BCUT2D eigenvalue weighted by atomic mass is 9.41. The normalized spacial score (nSPS) is 19.6. The zero-order chi connectivity index (χ0) is 28.5. The molecule has 0 N–H and O–H groups in total. The molecule has 0 bridgehead atoms. The number of anilines is 1. The van der Waals surface area contributed by atoms with Crippen LogP contribution in [0, 0.1) is 13.8 Å². The van der Waals surface area contributed by atoms with Gasteiger partial charge in [-0.2, -0.15) is 17.7 Å². The van der Waals surface area contributed by atoms with Gasteiger partial charge < -0.3 is 19.1 Å². The first-order valence-corrected chi connectivity index (χ1v) is 12.9. The Hall–Kier alpha value is -3.18. The highest BCUT2D eigenvalue weighted by Crippen LogP contribution is 2.42. The minimum absolute atomic E-state index is 0.0913. The quantitative estimate of drug-likeness (QED) is 0.372. The van der Waals surface area contributed by atoms with Crippen LogP contribution < -0.4 is 24.7 Å².